The summed E-state index contributed by atoms with van der Waals surface area (Å²) >= 11 is 1.42. The van der Waals surface area contributed by atoms with Crippen LogP contribution in [-0.2, 0) is 10.0 Å². The third-order valence-corrected chi connectivity index (χ3v) is 6.22. The van der Waals surface area contributed by atoms with Crippen molar-refractivity contribution >= 4 is 27.3 Å². The van der Waals surface area contributed by atoms with Crippen LogP contribution in [0.1, 0.15) is 29.4 Å². The first-order valence-electron chi connectivity index (χ1n) is 6.85. The average Bonchev–Trinajstić information content (AvgIpc) is 2.99. The van der Waals surface area contributed by atoms with Crippen molar-refractivity contribution in [2.45, 2.75) is 19.8 Å². The lowest BCUT2D eigenvalue weighted by molar-refractivity contribution is 0.0703. The molecule has 0 saturated carbocycles. The van der Waals surface area contributed by atoms with Crippen molar-refractivity contribution in [1.29, 1.82) is 0 Å². The van der Waals surface area contributed by atoms with Crippen molar-refractivity contribution in [3.05, 3.63) is 22.4 Å². The monoisotopic (exact) mass is 316 g/mol. The van der Waals surface area contributed by atoms with Crippen molar-refractivity contribution in [3.8, 4) is 0 Å². The van der Waals surface area contributed by atoms with Crippen LogP contribution in [0.25, 0.3) is 0 Å². The SMILES string of the molecule is CCCCS(=O)(=O)N1CCN(C(=O)c2cccs2)CC1. The fraction of sp³-hybridized carbons (Fsp3) is 0.615. The van der Waals surface area contributed by atoms with Gasteiger partial charge in [-0.05, 0) is 17.9 Å². The summed E-state index contributed by atoms with van der Waals surface area (Å²) < 4.78 is 25.7. The Balaban J connectivity index is 1.91. The Morgan fingerprint density at radius 3 is 2.55 bits per heavy atom. The molecule has 7 heteroatoms. The predicted molar refractivity (Wildman–Crippen MR) is 80.5 cm³/mol. The topological polar surface area (TPSA) is 57.7 Å². The quantitative estimate of drug-likeness (QED) is 0.830. The number of hydrogen-bond acceptors (Lipinski definition) is 4. The maximum absolute atomic E-state index is 12.2. The fourth-order valence-electron chi connectivity index (χ4n) is 2.18. The highest BCUT2D eigenvalue weighted by molar-refractivity contribution is 7.89. The maximum Gasteiger partial charge on any atom is 0.264 e. The summed E-state index contributed by atoms with van der Waals surface area (Å²) in [7, 11) is -3.15. The van der Waals surface area contributed by atoms with E-state index in [0.717, 1.165) is 6.42 Å². The van der Waals surface area contributed by atoms with E-state index in [0.29, 0.717) is 37.5 Å². The van der Waals surface area contributed by atoms with Gasteiger partial charge in [-0.25, -0.2) is 8.42 Å². The molecule has 2 heterocycles. The second kappa shape index (κ2) is 6.69. The molecule has 1 aromatic rings. The van der Waals surface area contributed by atoms with Crippen LogP contribution >= 0.6 is 11.3 Å². The molecule has 0 unspecified atom stereocenters. The zero-order chi connectivity index (χ0) is 14.6. The summed E-state index contributed by atoms with van der Waals surface area (Å²) in [5.41, 5.74) is 0. The number of amides is 1. The van der Waals surface area contributed by atoms with Crippen LogP contribution in [0.4, 0.5) is 0 Å². The third-order valence-electron chi connectivity index (χ3n) is 3.41. The zero-order valence-corrected chi connectivity index (χ0v) is 13.3. The van der Waals surface area contributed by atoms with Gasteiger partial charge in [-0.15, -0.1) is 11.3 Å². The standard InChI is InChI=1S/C13H20N2O3S2/c1-2-3-11-20(17,18)15-8-6-14(7-9-15)13(16)12-5-4-10-19-12/h4-5,10H,2-3,6-9,11H2,1H3. The number of rotatable bonds is 5. The average molecular weight is 316 g/mol. The van der Waals surface area contributed by atoms with Gasteiger partial charge in [0, 0.05) is 26.2 Å². The van der Waals surface area contributed by atoms with Crippen molar-refractivity contribution in [1.82, 2.24) is 9.21 Å². The predicted octanol–water partition coefficient (Wildman–Crippen LogP) is 1.64. The van der Waals surface area contributed by atoms with Crippen molar-refractivity contribution in [2.24, 2.45) is 0 Å². The molecule has 0 bridgehead atoms. The number of sulfonamides is 1. The lowest BCUT2D eigenvalue weighted by Gasteiger charge is -2.33. The number of hydrogen-bond donors (Lipinski definition) is 0. The van der Waals surface area contributed by atoms with Gasteiger partial charge in [-0.2, -0.15) is 4.31 Å². The Labute approximate surface area is 124 Å². The molecule has 0 radical (unpaired) electrons. The van der Waals surface area contributed by atoms with E-state index in [1.54, 1.807) is 11.0 Å². The first-order valence-corrected chi connectivity index (χ1v) is 9.34. The summed E-state index contributed by atoms with van der Waals surface area (Å²) in [6, 6.07) is 3.65. The second-order valence-electron chi connectivity index (χ2n) is 4.84. The number of nitrogens with zero attached hydrogens (tertiary/aromatic N) is 2. The van der Waals surface area contributed by atoms with E-state index in [1.807, 2.05) is 18.4 Å². The molecular weight excluding hydrogens is 296 g/mol. The first-order chi connectivity index (χ1) is 9.54. The summed E-state index contributed by atoms with van der Waals surface area (Å²) in [5.74, 6) is 0.216. The Hall–Kier alpha value is -0.920. The van der Waals surface area contributed by atoms with Crippen molar-refractivity contribution < 1.29 is 13.2 Å². The Kier molecular flexibility index (Phi) is 5.17. The van der Waals surface area contributed by atoms with Crippen LogP contribution in [0.15, 0.2) is 17.5 Å². The molecule has 20 heavy (non-hydrogen) atoms. The molecular formula is C13H20N2O3S2. The van der Waals surface area contributed by atoms with Crippen LogP contribution in [0.5, 0.6) is 0 Å². The Bertz CT molecular complexity index is 532. The van der Waals surface area contributed by atoms with Crippen LogP contribution in [0.2, 0.25) is 0 Å². The molecule has 0 spiro atoms. The van der Waals surface area contributed by atoms with Gasteiger partial charge in [0.15, 0.2) is 0 Å². The largest absolute Gasteiger partial charge is 0.335 e. The number of carbonyl (C=O) groups excluding carboxylic acids is 1. The van der Waals surface area contributed by atoms with Crippen LogP contribution in [0.3, 0.4) is 0 Å². The maximum atomic E-state index is 12.2. The lowest BCUT2D eigenvalue weighted by Crippen LogP contribution is -2.50. The van der Waals surface area contributed by atoms with E-state index >= 15 is 0 Å². The molecule has 112 valence electrons. The number of piperazine rings is 1. The molecule has 0 aromatic carbocycles. The highest BCUT2D eigenvalue weighted by Gasteiger charge is 2.28. The van der Waals surface area contributed by atoms with Gasteiger partial charge in [0.05, 0.1) is 10.6 Å². The minimum atomic E-state index is -3.15. The highest BCUT2D eigenvalue weighted by Crippen LogP contribution is 2.15. The van der Waals surface area contributed by atoms with Gasteiger partial charge in [-0.1, -0.05) is 19.4 Å². The minimum absolute atomic E-state index is 0.00519. The van der Waals surface area contributed by atoms with Gasteiger partial charge in [-0.3, -0.25) is 4.79 Å². The van der Waals surface area contributed by atoms with Gasteiger partial charge >= 0.3 is 0 Å². The van der Waals surface area contributed by atoms with E-state index in [1.165, 1.54) is 15.6 Å². The number of thiophene rings is 1. The summed E-state index contributed by atoms with van der Waals surface area (Å²) in [5, 5.41) is 1.87. The van der Waals surface area contributed by atoms with Gasteiger partial charge < -0.3 is 4.90 Å². The van der Waals surface area contributed by atoms with Crippen molar-refractivity contribution in [2.75, 3.05) is 31.9 Å². The van der Waals surface area contributed by atoms with Gasteiger partial charge in [0.2, 0.25) is 10.0 Å². The molecule has 1 saturated heterocycles. The molecule has 1 aromatic heterocycles. The Morgan fingerprint density at radius 2 is 2.00 bits per heavy atom. The molecule has 1 aliphatic rings. The first kappa shape index (κ1) is 15.5. The second-order valence-corrected chi connectivity index (χ2v) is 7.87. The molecule has 5 nitrogen and oxygen atoms in total. The lowest BCUT2D eigenvalue weighted by atomic mass is 10.3. The zero-order valence-electron chi connectivity index (χ0n) is 11.6. The van der Waals surface area contributed by atoms with Gasteiger partial charge in [0.1, 0.15) is 0 Å². The third kappa shape index (κ3) is 3.59. The summed E-state index contributed by atoms with van der Waals surface area (Å²) in [6.07, 6.45) is 1.56. The molecule has 1 aliphatic heterocycles. The van der Waals surface area contributed by atoms with E-state index < -0.39 is 10.0 Å². The normalized spacial score (nSPS) is 17.4. The van der Waals surface area contributed by atoms with E-state index in [-0.39, 0.29) is 11.7 Å². The van der Waals surface area contributed by atoms with Crippen LogP contribution < -0.4 is 0 Å². The number of unbranched alkanes of at least 4 members (excludes halogenated alkanes) is 1. The Morgan fingerprint density at radius 1 is 1.30 bits per heavy atom. The molecule has 0 N–H and O–H groups in total. The van der Waals surface area contributed by atoms with Crippen LogP contribution in [-0.4, -0.2) is 55.5 Å². The smallest absolute Gasteiger partial charge is 0.264 e. The summed E-state index contributed by atoms with van der Waals surface area (Å²) in [6.45, 7) is 3.74. The molecule has 0 atom stereocenters. The fourth-order valence-corrected chi connectivity index (χ4v) is 4.50. The van der Waals surface area contributed by atoms with Crippen LogP contribution in [0, 0.1) is 0 Å². The van der Waals surface area contributed by atoms with Gasteiger partial charge in [0.25, 0.3) is 5.91 Å². The highest BCUT2D eigenvalue weighted by atomic mass is 32.2. The minimum Gasteiger partial charge on any atom is -0.335 e. The molecule has 0 aliphatic carbocycles. The summed E-state index contributed by atoms with van der Waals surface area (Å²) in [4.78, 5) is 14.6. The molecule has 2 rings (SSSR count). The van der Waals surface area contributed by atoms with E-state index in [2.05, 4.69) is 0 Å². The molecule has 1 amide bonds. The van der Waals surface area contributed by atoms with E-state index in [9.17, 15) is 13.2 Å². The van der Waals surface area contributed by atoms with Crippen molar-refractivity contribution in [3.63, 3.8) is 0 Å². The number of carbonyl (C=O) groups is 1. The molecule has 1 fully saturated rings. The van der Waals surface area contributed by atoms with E-state index in [4.69, 9.17) is 0 Å².